The van der Waals surface area contributed by atoms with E-state index in [0.717, 1.165) is 28.1 Å². The number of nitrogens with two attached hydrogens (primary N) is 1. The quantitative estimate of drug-likeness (QED) is 0.848. The Morgan fingerprint density at radius 3 is 2.94 bits per heavy atom. The molecule has 0 spiro atoms. The third-order valence-corrected chi connectivity index (χ3v) is 6.12. The van der Waals surface area contributed by atoms with Crippen LogP contribution in [0.5, 0.6) is 0 Å². The highest BCUT2D eigenvalue weighted by molar-refractivity contribution is 9.10. The van der Waals surface area contributed by atoms with Crippen LogP contribution in [0, 0.1) is 5.92 Å². The van der Waals surface area contributed by atoms with Crippen molar-refractivity contribution in [3.63, 3.8) is 0 Å². The van der Waals surface area contributed by atoms with E-state index in [4.69, 9.17) is 5.73 Å². The molecule has 2 nitrogen and oxygen atoms in total. The number of hydrogen-bond acceptors (Lipinski definition) is 2. The first-order valence-electron chi connectivity index (χ1n) is 6.57. The van der Waals surface area contributed by atoms with Crippen LogP contribution in [0.2, 0.25) is 0 Å². The Bertz CT molecular complexity index is 449. The van der Waals surface area contributed by atoms with Gasteiger partial charge in [-0.05, 0) is 37.0 Å². The predicted octanol–water partition coefficient (Wildman–Crippen LogP) is 4.11. The van der Waals surface area contributed by atoms with E-state index in [2.05, 4.69) is 22.9 Å². The lowest BCUT2D eigenvalue weighted by molar-refractivity contribution is 0.353. The van der Waals surface area contributed by atoms with Gasteiger partial charge in [0.1, 0.15) is 0 Å². The second-order valence-electron chi connectivity index (χ2n) is 5.04. The van der Waals surface area contributed by atoms with Crippen molar-refractivity contribution in [3.8, 4) is 0 Å². The molecular weight excluding hydrogens is 310 g/mol. The summed E-state index contributed by atoms with van der Waals surface area (Å²) in [6.07, 6.45) is 5.83. The Hall–Kier alpha value is -0.350. The standard InChI is InChI=1S/C14H20BrNOS/c1-2-10-4-3-5-12(8-10)18(17)14-9-11(15)6-7-13(14)16/h6-7,9-10,12H,2-5,8,16H2,1H3. The van der Waals surface area contributed by atoms with Gasteiger partial charge in [0.05, 0.1) is 15.7 Å². The summed E-state index contributed by atoms with van der Waals surface area (Å²) < 4.78 is 13.6. The van der Waals surface area contributed by atoms with E-state index < -0.39 is 10.8 Å². The van der Waals surface area contributed by atoms with Crippen molar-refractivity contribution >= 4 is 32.4 Å². The number of benzene rings is 1. The van der Waals surface area contributed by atoms with Gasteiger partial charge in [0.15, 0.2) is 0 Å². The van der Waals surface area contributed by atoms with Crippen molar-refractivity contribution in [1.29, 1.82) is 0 Å². The van der Waals surface area contributed by atoms with Gasteiger partial charge in [0, 0.05) is 15.4 Å². The maximum absolute atomic E-state index is 12.6. The topological polar surface area (TPSA) is 43.1 Å². The molecule has 1 aliphatic carbocycles. The van der Waals surface area contributed by atoms with Crippen LogP contribution in [0.4, 0.5) is 5.69 Å². The monoisotopic (exact) mass is 329 g/mol. The molecule has 100 valence electrons. The first kappa shape index (κ1) is 14.1. The molecule has 2 rings (SSSR count). The Kier molecular flexibility index (Phi) is 4.84. The lowest BCUT2D eigenvalue weighted by Crippen LogP contribution is -2.24. The fourth-order valence-corrected chi connectivity index (χ4v) is 4.91. The largest absolute Gasteiger partial charge is 0.398 e. The van der Waals surface area contributed by atoms with Crippen LogP contribution in [0.3, 0.4) is 0 Å². The third-order valence-electron chi connectivity index (χ3n) is 3.81. The molecule has 18 heavy (non-hydrogen) atoms. The van der Waals surface area contributed by atoms with E-state index in [1.165, 1.54) is 19.3 Å². The van der Waals surface area contributed by atoms with Gasteiger partial charge < -0.3 is 5.73 Å². The van der Waals surface area contributed by atoms with Crippen molar-refractivity contribution in [2.75, 3.05) is 5.73 Å². The van der Waals surface area contributed by atoms with Gasteiger partial charge in [-0.3, -0.25) is 4.21 Å². The number of nitrogen functional groups attached to an aromatic ring is 1. The van der Waals surface area contributed by atoms with Crippen molar-refractivity contribution < 1.29 is 4.21 Å². The fraction of sp³-hybridized carbons (Fsp3) is 0.571. The van der Waals surface area contributed by atoms with Crippen LogP contribution in [-0.4, -0.2) is 9.46 Å². The van der Waals surface area contributed by atoms with Crippen molar-refractivity contribution in [2.24, 2.45) is 5.92 Å². The molecule has 2 N–H and O–H groups in total. The molecule has 3 atom stereocenters. The molecule has 4 heteroatoms. The molecule has 1 aliphatic rings. The normalized spacial score (nSPS) is 25.9. The predicted molar refractivity (Wildman–Crippen MR) is 81.0 cm³/mol. The van der Waals surface area contributed by atoms with Gasteiger partial charge in [-0.2, -0.15) is 0 Å². The third kappa shape index (κ3) is 3.15. The van der Waals surface area contributed by atoms with E-state index >= 15 is 0 Å². The highest BCUT2D eigenvalue weighted by atomic mass is 79.9. The van der Waals surface area contributed by atoms with Crippen molar-refractivity contribution in [2.45, 2.75) is 49.2 Å². The van der Waals surface area contributed by atoms with Gasteiger partial charge >= 0.3 is 0 Å². The molecule has 1 fully saturated rings. The zero-order valence-corrected chi connectivity index (χ0v) is 13.1. The first-order valence-corrected chi connectivity index (χ1v) is 8.58. The van der Waals surface area contributed by atoms with E-state index in [-0.39, 0.29) is 5.25 Å². The molecular formula is C14H20BrNOS. The van der Waals surface area contributed by atoms with Gasteiger partial charge in [0.2, 0.25) is 0 Å². The molecule has 3 unspecified atom stereocenters. The molecule has 0 aliphatic heterocycles. The number of hydrogen-bond donors (Lipinski definition) is 1. The summed E-state index contributed by atoms with van der Waals surface area (Å²) in [4.78, 5) is 0.797. The smallest absolute Gasteiger partial charge is 0.0631 e. The molecule has 0 heterocycles. The van der Waals surface area contributed by atoms with Gasteiger partial charge in [-0.1, -0.05) is 42.1 Å². The molecule has 1 aromatic carbocycles. The minimum absolute atomic E-state index is 0.278. The van der Waals surface area contributed by atoms with E-state index in [0.29, 0.717) is 5.69 Å². The zero-order valence-electron chi connectivity index (χ0n) is 10.7. The highest BCUT2D eigenvalue weighted by Gasteiger charge is 2.27. The summed E-state index contributed by atoms with van der Waals surface area (Å²) in [6, 6.07) is 5.63. The highest BCUT2D eigenvalue weighted by Crippen LogP contribution is 2.33. The molecule has 1 aromatic rings. The van der Waals surface area contributed by atoms with Crippen LogP contribution in [0.25, 0.3) is 0 Å². The van der Waals surface area contributed by atoms with Gasteiger partial charge in [-0.25, -0.2) is 0 Å². The van der Waals surface area contributed by atoms with E-state index in [1.54, 1.807) is 0 Å². The Morgan fingerprint density at radius 1 is 1.44 bits per heavy atom. The minimum atomic E-state index is -0.969. The summed E-state index contributed by atoms with van der Waals surface area (Å²) in [7, 11) is -0.969. The lowest BCUT2D eigenvalue weighted by atomic mass is 9.87. The number of halogens is 1. The van der Waals surface area contributed by atoms with Crippen LogP contribution >= 0.6 is 15.9 Å². The molecule has 1 saturated carbocycles. The molecule has 0 bridgehead atoms. The fourth-order valence-electron chi connectivity index (χ4n) is 2.67. The maximum Gasteiger partial charge on any atom is 0.0631 e. The second-order valence-corrected chi connectivity index (χ2v) is 7.66. The zero-order chi connectivity index (χ0) is 13.1. The minimum Gasteiger partial charge on any atom is -0.398 e. The SMILES string of the molecule is CCC1CCCC(S(=O)c2cc(Br)ccc2N)C1. The van der Waals surface area contributed by atoms with Crippen LogP contribution in [-0.2, 0) is 10.8 Å². The van der Waals surface area contributed by atoms with Crippen molar-refractivity contribution in [3.05, 3.63) is 22.7 Å². The first-order chi connectivity index (χ1) is 8.61. The summed E-state index contributed by atoms with van der Waals surface area (Å²) in [5.74, 6) is 0.737. The summed E-state index contributed by atoms with van der Waals surface area (Å²) in [5, 5.41) is 0.278. The van der Waals surface area contributed by atoms with Crippen LogP contribution in [0.15, 0.2) is 27.6 Å². The number of rotatable bonds is 3. The Balaban J connectivity index is 2.17. The molecule has 0 saturated heterocycles. The van der Waals surface area contributed by atoms with Gasteiger partial charge in [-0.15, -0.1) is 0 Å². The van der Waals surface area contributed by atoms with E-state index in [1.807, 2.05) is 18.2 Å². The second kappa shape index (κ2) is 6.20. The molecule has 0 aromatic heterocycles. The van der Waals surface area contributed by atoms with E-state index in [9.17, 15) is 4.21 Å². The van der Waals surface area contributed by atoms with Crippen LogP contribution in [0.1, 0.15) is 39.0 Å². The summed E-state index contributed by atoms with van der Waals surface area (Å²) in [5.41, 5.74) is 6.60. The molecule has 0 radical (unpaired) electrons. The number of anilines is 1. The summed E-state index contributed by atoms with van der Waals surface area (Å²) >= 11 is 3.42. The Labute approximate surface area is 120 Å². The molecule has 0 amide bonds. The van der Waals surface area contributed by atoms with Crippen LogP contribution < -0.4 is 5.73 Å². The summed E-state index contributed by atoms with van der Waals surface area (Å²) in [6.45, 7) is 2.23. The lowest BCUT2D eigenvalue weighted by Gasteiger charge is -2.28. The average Bonchev–Trinajstić information content (AvgIpc) is 2.41. The average molecular weight is 330 g/mol. The Morgan fingerprint density at radius 2 is 2.22 bits per heavy atom. The van der Waals surface area contributed by atoms with Crippen molar-refractivity contribution in [1.82, 2.24) is 0 Å². The van der Waals surface area contributed by atoms with Gasteiger partial charge in [0.25, 0.3) is 0 Å². The maximum atomic E-state index is 12.6.